The van der Waals surface area contributed by atoms with E-state index in [1.807, 2.05) is 23.6 Å². The second kappa shape index (κ2) is 6.39. The van der Waals surface area contributed by atoms with Crippen molar-refractivity contribution in [2.75, 3.05) is 0 Å². The van der Waals surface area contributed by atoms with Crippen molar-refractivity contribution in [3.63, 3.8) is 0 Å². The topological polar surface area (TPSA) is 97.8 Å². The zero-order valence-electron chi connectivity index (χ0n) is 12.4. The number of fused-ring (bicyclic) bond motifs is 1. The molecule has 1 aromatic carbocycles. The molecule has 0 spiro atoms. The summed E-state index contributed by atoms with van der Waals surface area (Å²) in [5, 5.41) is 2.92. The summed E-state index contributed by atoms with van der Waals surface area (Å²) in [5.74, 6) is 0.133. The molecule has 0 saturated heterocycles. The molecule has 1 atom stereocenters. The van der Waals surface area contributed by atoms with Crippen LogP contribution >= 0.6 is 22.7 Å². The van der Waals surface area contributed by atoms with Crippen LogP contribution in [0.1, 0.15) is 29.1 Å². The predicted molar refractivity (Wildman–Crippen MR) is 97.6 cm³/mol. The van der Waals surface area contributed by atoms with Gasteiger partial charge in [0.1, 0.15) is 5.01 Å². The highest BCUT2D eigenvalue weighted by Gasteiger charge is 2.14. The Morgan fingerprint density at radius 3 is 3.04 bits per heavy atom. The van der Waals surface area contributed by atoms with Crippen LogP contribution in [-0.2, 0) is 0 Å². The number of aromatic nitrogens is 2. The summed E-state index contributed by atoms with van der Waals surface area (Å²) in [5.41, 5.74) is 14.6. The highest BCUT2D eigenvalue weighted by atomic mass is 32.1. The Kier molecular flexibility index (Phi) is 4.31. The van der Waals surface area contributed by atoms with Crippen LogP contribution in [0.15, 0.2) is 46.7 Å². The number of nitrogens with two attached hydrogens (primary N) is 2. The summed E-state index contributed by atoms with van der Waals surface area (Å²) in [6, 6.07) is 6.00. The molecule has 2 heterocycles. The number of aromatic amines is 1. The lowest BCUT2D eigenvalue weighted by molar-refractivity contribution is 0.904. The Morgan fingerprint density at radius 1 is 1.43 bits per heavy atom. The summed E-state index contributed by atoms with van der Waals surface area (Å²) < 4.78 is 0.962. The minimum Gasteiger partial charge on any atom is -0.405 e. The maximum atomic E-state index is 11.4. The van der Waals surface area contributed by atoms with Crippen molar-refractivity contribution in [1.82, 2.24) is 9.97 Å². The lowest BCUT2D eigenvalue weighted by Crippen LogP contribution is -1.99. The van der Waals surface area contributed by atoms with Crippen molar-refractivity contribution in [3.05, 3.63) is 67.9 Å². The molecule has 5 N–H and O–H groups in total. The van der Waals surface area contributed by atoms with Gasteiger partial charge in [0, 0.05) is 11.3 Å². The van der Waals surface area contributed by atoms with Crippen molar-refractivity contribution < 1.29 is 0 Å². The van der Waals surface area contributed by atoms with Crippen LogP contribution in [0.2, 0.25) is 0 Å². The van der Waals surface area contributed by atoms with E-state index in [9.17, 15) is 4.79 Å². The molecule has 0 radical (unpaired) electrons. The van der Waals surface area contributed by atoms with E-state index in [4.69, 9.17) is 11.5 Å². The van der Waals surface area contributed by atoms with Gasteiger partial charge in [0.15, 0.2) is 0 Å². The summed E-state index contributed by atoms with van der Waals surface area (Å²) >= 11 is 2.79. The molecular weight excluding hydrogens is 328 g/mol. The Bertz CT molecular complexity index is 948. The van der Waals surface area contributed by atoms with Crippen LogP contribution in [0.5, 0.6) is 0 Å². The van der Waals surface area contributed by atoms with Gasteiger partial charge in [-0.15, -0.1) is 11.3 Å². The predicted octanol–water partition coefficient (Wildman–Crippen LogP) is 2.97. The van der Waals surface area contributed by atoms with Gasteiger partial charge in [-0.25, -0.2) is 4.98 Å². The highest BCUT2D eigenvalue weighted by Crippen LogP contribution is 2.30. The number of allylic oxidation sites excluding steroid dienone is 2. The SMILES string of the molecule is CC(c1ccc2[nH]c(=O)sc2c1)c1nc(/C(N)=C/C=C\N)cs1. The number of nitrogens with zero attached hydrogens (tertiary/aromatic N) is 1. The van der Waals surface area contributed by atoms with Gasteiger partial charge < -0.3 is 16.5 Å². The van der Waals surface area contributed by atoms with Crippen LogP contribution in [0.25, 0.3) is 15.9 Å². The van der Waals surface area contributed by atoms with Gasteiger partial charge >= 0.3 is 4.87 Å². The molecule has 7 heteroatoms. The van der Waals surface area contributed by atoms with Crippen LogP contribution in [-0.4, -0.2) is 9.97 Å². The lowest BCUT2D eigenvalue weighted by atomic mass is 10.0. The average Bonchev–Trinajstić information content (AvgIpc) is 3.16. The molecular formula is C16H16N4OS2. The highest BCUT2D eigenvalue weighted by molar-refractivity contribution is 7.16. The maximum Gasteiger partial charge on any atom is 0.305 e. The summed E-state index contributed by atoms with van der Waals surface area (Å²) in [4.78, 5) is 18.8. The van der Waals surface area contributed by atoms with E-state index >= 15 is 0 Å². The number of H-pyrrole nitrogens is 1. The molecule has 0 aliphatic carbocycles. The van der Waals surface area contributed by atoms with Gasteiger partial charge in [0.2, 0.25) is 0 Å². The fourth-order valence-corrected chi connectivity index (χ4v) is 3.93. The van der Waals surface area contributed by atoms with E-state index < -0.39 is 0 Å². The van der Waals surface area contributed by atoms with Crippen LogP contribution in [0, 0.1) is 0 Å². The third-order valence-corrected chi connectivity index (χ3v) is 5.39. The quantitative estimate of drug-likeness (QED) is 0.634. The second-order valence-corrected chi connectivity index (χ2v) is 6.97. The van der Waals surface area contributed by atoms with Crippen LogP contribution in [0.3, 0.4) is 0 Å². The van der Waals surface area contributed by atoms with E-state index in [-0.39, 0.29) is 10.8 Å². The Morgan fingerprint density at radius 2 is 2.26 bits per heavy atom. The van der Waals surface area contributed by atoms with Gasteiger partial charge in [-0.3, -0.25) is 4.79 Å². The smallest absolute Gasteiger partial charge is 0.305 e. The first kappa shape index (κ1) is 15.5. The van der Waals surface area contributed by atoms with Gasteiger partial charge in [0.05, 0.1) is 21.6 Å². The molecule has 0 bridgehead atoms. The third-order valence-electron chi connectivity index (χ3n) is 3.52. The van der Waals surface area contributed by atoms with Crippen molar-refractivity contribution >= 4 is 38.6 Å². The minimum absolute atomic E-state index is 0.0350. The monoisotopic (exact) mass is 344 g/mol. The number of hydrogen-bond donors (Lipinski definition) is 3. The molecule has 3 rings (SSSR count). The van der Waals surface area contributed by atoms with E-state index in [1.54, 1.807) is 23.5 Å². The van der Waals surface area contributed by atoms with Gasteiger partial charge in [-0.2, -0.15) is 0 Å². The van der Waals surface area contributed by atoms with Gasteiger partial charge in [0.25, 0.3) is 0 Å². The van der Waals surface area contributed by atoms with E-state index in [0.717, 1.165) is 26.5 Å². The molecule has 0 fully saturated rings. The molecule has 0 amide bonds. The average molecular weight is 344 g/mol. The number of nitrogens with one attached hydrogen (secondary N) is 1. The Labute approximate surface area is 141 Å². The number of hydrogen-bond acceptors (Lipinski definition) is 6. The van der Waals surface area contributed by atoms with Crippen molar-refractivity contribution in [1.29, 1.82) is 0 Å². The number of rotatable bonds is 4. The Hall–Kier alpha value is -2.38. The molecule has 0 aliphatic heterocycles. The minimum atomic E-state index is -0.0350. The lowest BCUT2D eigenvalue weighted by Gasteiger charge is -2.08. The van der Waals surface area contributed by atoms with Crippen molar-refractivity contribution in [2.24, 2.45) is 11.5 Å². The second-order valence-electron chi connectivity index (χ2n) is 5.07. The summed E-state index contributed by atoms with van der Waals surface area (Å²) in [7, 11) is 0. The fraction of sp³-hybridized carbons (Fsp3) is 0.125. The van der Waals surface area contributed by atoms with E-state index in [0.29, 0.717) is 5.70 Å². The fourth-order valence-electron chi connectivity index (χ4n) is 2.24. The first-order valence-electron chi connectivity index (χ1n) is 7.01. The molecule has 23 heavy (non-hydrogen) atoms. The van der Waals surface area contributed by atoms with Crippen LogP contribution < -0.4 is 16.3 Å². The molecule has 3 aromatic rings. The first-order chi connectivity index (χ1) is 11.1. The summed E-state index contributed by atoms with van der Waals surface area (Å²) in [6.45, 7) is 2.10. The van der Waals surface area contributed by atoms with Gasteiger partial charge in [-0.05, 0) is 36.0 Å². The number of thiazole rings is 2. The van der Waals surface area contributed by atoms with Gasteiger partial charge in [-0.1, -0.05) is 24.3 Å². The molecule has 0 saturated carbocycles. The summed E-state index contributed by atoms with van der Waals surface area (Å²) in [6.07, 6.45) is 4.84. The maximum absolute atomic E-state index is 11.4. The number of benzene rings is 1. The largest absolute Gasteiger partial charge is 0.405 e. The third kappa shape index (κ3) is 3.20. The standard InChI is InChI=1S/C16H16N4OS2/c1-9(10-4-5-12-14(7-10)23-16(21)20-12)15-19-13(8-22-15)11(18)3-2-6-17/h2-9H,17-18H2,1H3,(H,20,21)/b6-2-,11-3-. The Balaban J connectivity index is 1.91. The zero-order valence-corrected chi connectivity index (χ0v) is 14.1. The van der Waals surface area contributed by atoms with Crippen LogP contribution in [0.4, 0.5) is 0 Å². The zero-order chi connectivity index (χ0) is 16.4. The molecule has 118 valence electrons. The van der Waals surface area contributed by atoms with Crippen molar-refractivity contribution in [3.8, 4) is 0 Å². The van der Waals surface area contributed by atoms with Crippen molar-refractivity contribution in [2.45, 2.75) is 12.8 Å². The van der Waals surface area contributed by atoms with E-state index in [2.05, 4.69) is 16.9 Å². The van der Waals surface area contributed by atoms with E-state index in [1.165, 1.54) is 17.5 Å². The molecule has 1 unspecified atom stereocenters. The molecule has 2 aromatic heterocycles. The normalized spacial score (nSPS) is 13.9. The molecule has 0 aliphatic rings. The first-order valence-corrected chi connectivity index (χ1v) is 8.70. The molecule has 5 nitrogen and oxygen atoms in total.